The number of hydrogen-bond acceptors (Lipinski definition) is 5. The Bertz CT molecular complexity index is 1030. The van der Waals surface area contributed by atoms with Crippen LogP contribution in [0.25, 0.3) is 0 Å². The predicted molar refractivity (Wildman–Crippen MR) is 110 cm³/mol. The molecule has 0 spiro atoms. The van der Waals surface area contributed by atoms with Crippen molar-refractivity contribution in [2.75, 3.05) is 19.7 Å². The van der Waals surface area contributed by atoms with Crippen LogP contribution < -0.4 is 10.2 Å². The lowest BCUT2D eigenvalue weighted by atomic mass is 10.2. The number of sulfonamides is 1. The third-order valence-corrected chi connectivity index (χ3v) is 6.33. The van der Waals surface area contributed by atoms with Crippen molar-refractivity contribution in [1.29, 1.82) is 0 Å². The van der Waals surface area contributed by atoms with E-state index in [0.717, 1.165) is 12.8 Å². The third kappa shape index (κ3) is 5.02. The first-order chi connectivity index (χ1) is 14.0. The van der Waals surface area contributed by atoms with Crippen LogP contribution in [0.5, 0.6) is 5.75 Å². The molecule has 7 nitrogen and oxygen atoms in total. The summed E-state index contributed by atoms with van der Waals surface area (Å²) >= 11 is 0. The van der Waals surface area contributed by atoms with Crippen LogP contribution in [0.3, 0.4) is 0 Å². The lowest BCUT2D eigenvalue weighted by Crippen LogP contribution is -2.28. The number of nitrogens with zero attached hydrogens (tertiary/aromatic N) is 2. The number of carbonyl (C=O) groups is 1. The van der Waals surface area contributed by atoms with E-state index in [0.29, 0.717) is 30.0 Å². The van der Waals surface area contributed by atoms with E-state index in [4.69, 9.17) is 11.2 Å². The van der Waals surface area contributed by atoms with Gasteiger partial charge in [0.1, 0.15) is 12.4 Å². The summed E-state index contributed by atoms with van der Waals surface area (Å²) in [7, 11) is -3.50. The summed E-state index contributed by atoms with van der Waals surface area (Å²) in [6.45, 7) is 1.20. The fourth-order valence-corrected chi connectivity index (χ4v) is 4.44. The summed E-state index contributed by atoms with van der Waals surface area (Å²) in [4.78, 5) is 12.4. The second-order valence-corrected chi connectivity index (χ2v) is 8.30. The second-order valence-electron chi connectivity index (χ2n) is 6.37. The van der Waals surface area contributed by atoms with Crippen molar-refractivity contribution in [3.05, 3.63) is 59.7 Å². The Hall–Kier alpha value is -3.15. The molecule has 0 radical (unpaired) electrons. The van der Waals surface area contributed by atoms with Crippen molar-refractivity contribution in [3.8, 4) is 18.1 Å². The van der Waals surface area contributed by atoms with Gasteiger partial charge in [-0.25, -0.2) is 13.8 Å². The predicted octanol–water partition coefficient (Wildman–Crippen LogP) is 2.25. The number of amides is 1. The number of hydrazone groups is 1. The fourth-order valence-electron chi connectivity index (χ4n) is 2.92. The molecule has 1 N–H and O–H groups in total. The van der Waals surface area contributed by atoms with E-state index in [1.807, 2.05) is 6.07 Å². The van der Waals surface area contributed by atoms with E-state index < -0.39 is 15.9 Å². The van der Waals surface area contributed by atoms with Crippen LogP contribution in [0, 0.1) is 12.3 Å². The maximum absolute atomic E-state index is 12.5. The molecule has 0 bridgehead atoms. The Morgan fingerprint density at radius 1 is 1.17 bits per heavy atom. The van der Waals surface area contributed by atoms with Crippen LogP contribution in [0.2, 0.25) is 0 Å². The second kappa shape index (κ2) is 9.37. The molecule has 1 amide bonds. The summed E-state index contributed by atoms with van der Waals surface area (Å²) in [5, 5.41) is 3.94. The van der Waals surface area contributed by atoms with E-state index in [1.54, 1.807) is 18.2 Å². The van der Waals surface area contributed by atoms with Crippen LogP contribution in [-0.2, 0) is 10.0 Å². The Balaban J connectivity index is 1.65. The van der Waals surface area contributed by atoms with E-state index in [2.05, 4.69) is 16.4 Å². The molecule has 2 aromatic rings. The number of benzene rings is 2. The van der Waals surface area contributed by atoms with Crippen molar-refractivity contribution >= 4 is 22.1 Å². The van der Waals surface area contributed by atoms with Crippen molar-refractivity contribution in [2.45, 2.75) is 17.7 Å². The van der Waals surface area contributed by atoms with E-state index in [1.165, 1.54) is 34.8 Å². The molecular formula is C21H21N3O4S. The molecule has 0 atom stereocenters. The van der Waals surface area contributed by atoms with E-state index in [9.17, 15) is 13.2 Å². The summed E-state index contributed by atoms with van der Waals surface area (Å²) in [6, 6.07) is 13.0. The lowest BCUT2D eigenvalue weighted by Gasteiger charge is -2.15. The van der Waals surface area contributed by atoms with Crippen molar-refractivity contribution in [1.82, 2.24) is 9.73 Å². The number of carbonyl (C=O) groups excluding carboxylic acids is 1. The first kappa shape index (κ1) is 20.6. The highest BCUT2D eigenvalue weighted by Crippen LogP contribution is 2.21. The zero-order valence-corrected chi connectivity index (χ0v) is 16.6. The molecule has 29 heavy (non-hydrogen) atoms. The van der Waals surface area contributed by atoms with Crippen LogP contribution in [0.1, 0.15) is 28.8 Å². The molecule has 1 heterocycles. The largest absolute Gasteiger partial charge is 0.480 e. The van der Waals surface area contributed by atoms with Crippen LogP contribution >= 0.6 is 0 Å². The number of hydrogen-bond donors (Lipinski definition) is 1. The maximum Gasteiger partial charge on any atom is 0.271 e. The molecule has 1 aliphatic heterocycles. The Morgan fingerprint density at radius 2 is 1.86 bits per heavy atom. The summed E-state index contributed by atoms with van der Waals surface area (Å²) in [5.41, 5.74) is 3.39. The first-order valence-corrected chi connectivity index (χ1v) is 10.6. The van der Waals surface area contributed by atoms with E-state index in [-0.39, 0.29) is 11.5 Å². The molecule has 2 aromatic carbocycles. The molecule has 1 aliphatic rings. The number of rotatable bonds is 7. The summed E-state index contributed by atoms with van der Waals surface area (Å²) < 4.78 is 31.9. The Kier molecular flexibility index (Phi) is 6.65. The van der Waals surface area contributed by atoms with Gasteiger partial charge in [-0.15, -0.1) is 6.42 Å². The minimum absolute atomic E-state index is 0.129. The minimum atomic E-state index is -3.50. The van der Waals surface area contributed by atoms with Crippen LogP contribution in [-0.4, -0.2) is 44.5 Å². The van der Waals surface area contributed by atoms with Gasteiger partial charge in [-0.3, -0.25) is 4.79 Å². The van der Waals surface area contributed by atoms with Gasteiger partial charge in [0.05, 0.1) is 11.1 Å². The van der Waals surface area contributed by atoms with Gasteiger partial charge in [-0.2, -0.15) is 9.41 Å². The van der Waals surface area contributed by atoms with Gasteiger partial charge in [0.2, 0.25) is 10.0 Å². The molecule has 1 saturated heterocycles. The molecular weight excluding hydrogens is 390 g/mol. The molecule has 3 rings (SSSR count). The van der Waals surface area contributed by atoms with Crippen LogP contribution in [0.4, 0.5) is 0 Å². The molecule has 1 fully saturated rings. The smallest absolute Gasteiger partial charge is 0.271 e. The summed E-state index contributed by atoms with van der Waals surface area (Å²) in [6.07, 6.45) is 8.39. The van der Waals surface area contributed by atoms with Gasteiger partial charge >= 0.3 is 0 Å². The third-order valence-electron chi connectivity index (χ3n) is 4.42. The standard InChI is InChI=1S/C21H21N3O4S/c1-2-15-28-20-8-4-3-7-18(20)16-22-23-21(25)17-9-11-19(12-10-17)29(26,27)24-13-5-6-14-24/h1,3-4,7-12,16H,5-6,13-15H2,(H,23,25)/b22-16-. The average Bonchev–Trinajstić information content (AvgIpc) is 3.29. The number of nitrogens with one attached hydrogen (secondary N) is 1. The maximum atomic E-state index is 12.5. The van der Waals surface area contributed by atoms with E-state index >= 15 is 0 Å². The van der Waals surface area contributed by atoms with Crippen molar-refractivity contribution < 1.29 is 17.9 Å². The topological polar surface area (TPSA) is 88.1 Å². The van der Waals surface area contributed by atoms with Gasteiger partial charge in [0.25, 0.3) is 5.91 Å². The van der Waals surface area contributed by atoms with Crippen molar-refractivity contribution in [3.63, 3.8) is 0 Å². The normalized spacial score (nSPS) is 14.6. The molecule has 0 saturated carbocycles. The molecule has 0 aromatic heterocycles. The highest BCUT2D eigenvalue weighted by atomic mass is 32.2. The highest BCUT2D eigenvalue weighted by Gasteiger charge is 2.27. The number of ether oxygens (including phenoxy) is 1. The Morgan fingerprint density at radius 3 is 2.55 bits per heavy atom. The molecule has 0 unspecified atom stereocenters. The SMILES string of the molecule is C#CCOc1ccccc1/C=N\NC(=O)c1ccc(S(=O)(=O)N2CCCC2)cc1. The zero-order chi connectivity index (χ0) is 20.7. The van der Waals surface area contributed by atoms with Gasteiger partial charge in [-0.05, 0) is 49.2 Å². The molecule has 0 aliphatic carbocycles. The zero-order valence-electron chi connectivity index (χ0n) is 15.7. The number of para-hydroxylation sites is 1. The fraction of sp³-hybridized carbons (Fsp3) is 0.238. The average molecular weight is 411 g/mol. The Labute approximate surface area is 170 Å². The number of terminal acetylenes is 1. The molecule has 8 heteroatoms. The highest BCUT2D eigenvalue weighted by molar-refractivity contribution is 7.89. The molecule has 150 valence electrons. The quantitative estimate of drug-likeness (QED) is 0.430. The van der Waals surface area contributed by atoms with Gasteiger partial charge in [0, 0.05) is 24.2 Å². The summed E-state index contributed by atoms with van der Waals surface area (Å²) in [5.74, 6) is 2.49. The van der Waals surface area contributed by atoms with Gasteiger partial charge in [-0.1, -0.05) is 18.1 Å². The van der Waals surface area contributed by atoms with Gasteiger partial charge in [0.15, 0.2) is 0 Å². The van der Waals surface area contributed by atoms with Crippen LogP contribution in [0.15, 0.2) is 58.5 Å². The van der Waals surface area contributed by atoms with Crippen molar-refractivity contribution in [2.24, 2.45) is 5.10 Å². The van der Waals surface area contributed by atoms with Gasteiger partial charge < -0.3 is 4.74 Å². The monoisotopic (exact) mass is 411 g/mol. The lowest BCUT2D eigenvalue weighted by molar-refractivity contribution is 0.0955. The minimum Gasteiger partial charge on any atom is -0.480 e. The first-order valence-electron chi connectivity index (χ1n) is 9.11.